The quantitative estimate of drug-likeness (QED) is 0.209. The molecule has 0 saturated heterocycles. The van der Waals surface area contributed by atoms with E-state index in [2.05, 4.69) is 79.2 Å². The monoisotopic (exact) mass is 440 g/mol. The van der Waals surface area contributed by atoms with Gasteiger partial charge in [-0.05, 0) is 72.7 Å². The summed E-state index contributed by atoms with van der Waals surface area (Å²) in [5, 5.41) is 0. The molecule has 0 bridgehead atoms. The lowest BCUT2D eigenvalue weighted by Crippen LogP contribution is -2.02. The zero-order chi connectivity index (χ0) is 24.8. The van der Waals surface area contributed by atoms with E-state index in [1.165, 1.54) is 25.3 Å². The summed E-state index contributed by atoms with van der Waals surface area (Å²) in [5.41, 5.74) is 4.50. The molecule has 0 aromatic heterocycles. The van der Waals surface area contributed by atoms with Crippen LogP contribution in [0, 0.1) is 23.7 Å². The van der Waals surface area contributed by atoms with Crippen LogP contribution >= 0.6 is 0 Å². The van der Waals surface area contributed by atoms with Gasteiger partial charge in [0.25, 0.3) is 0 Å². The Balaban J connectivity index is 4.84. The number of allylic oxidation sites excluding steroid dienone is 10. The topological polar surface area (TPSA) is 0 Å². The predicted molar refractivity (Wildman–Crippen MR) is 144 cm³/mol. The van der Waals surface area contributed by atoms with Crippen LogP contribution in [-0.4, -0.2) is 0 Å². The standard InChI is InChI=1S/C31H49F/c1-12-13-14-23(4)24(5)17-18-25(6)26(7)19-20-27(8)29(10)21-31(32)30(11)28(9)16-15-22(2)3/h17-18,20-23,26,28H,5-6,10-16,19H2,1-4,7-9H3/b18-17-,27-20+,31-21+. The number of halogens is 1. The average Bonchev–Trinajstić information content (AvgIpc) is 2.75. The molecule has 3 unspecified atom stereocenters. The molecule has 0 saturated carbocycles. The van der Waals surface area contributed by atoms with Crippen LogP contribution in [0.3, 0.4) is 0 Å². The molecule has 0 rings (SSSR count). The third-order valence-corrected chi connectivity index (χ3v) is 6.43. The first-order valence-corrected chi connectivity index (χ1v) is 12.4. The van der Waals surface area contributed by atoms with Crippen LogP contribution < -0.4 is 0 Å². The fourth-order valence-electron chi connectivity index (χ4n) is 3.23. The average molecular weight is 441 g/mol. The van der Waals surface area contributed by atoms with E-state index in [1.807, 2.05) is 13.8 Å². The van der Waals surface area contributed by atoms with Crippen LogP contribution in [0.15, 0.2) is 84.3 Å². The molecule has 0 aliphatic rings. The summed E-state index contributed by atoms with van der Waals surface area (Å²) in [5.74, 6) is 1.30. The predicted octanol–water partition coefficient (Wildman–Crippen LogP) is 10.5. The molecule has 0 spiro atoms. The molecule has 180 valence electrons. The van der Waals surface area contributed by atoms with Crippen LogP contribution in [0.4, 0.5) is 4.39 Å². The minimum atomic E-state index is -0.255. The van der Waals surface area contributed by atoms with E-state index in [4.69, 9.17) is 0 Å². The van der Waals surface area contributed by atoms with Gasteiger partial charge in [-0.2, -0.15) is 0 Å². The summed E-state index contributed by atoms with van der Waals surface area (Å²) in [6.07, 6.45) is 14.4. The molecule has 3 atom stereocenters. The Labute approximate surface area is 199 Å². The molecular formula is C31H49F. The smallest absolute Gasteiger partial charge is 0.126 e. The van der Waals surface area contributed by atoms with E-state index in [0.29, 0.717) is 28.9 Å². The van der Waals surface area contributed by atoms with E-state index in [9.17, 15) is 4.39 Å². The molecule has 0 heterocycles. The Morgan fingerprint density at radius 2 is 1.38 bits per heavy atom. The van der Waals surface area contributed by atoms with Gasteiger partial charge in [0.2, 0.25) is 0 Å². The van der Waals surface area contributed by atoms with E-state index in [-0.39, 0.29) is 11.7 Å². The van der Waals surface area contributed by atoms with Crippen LogP contribution in [0.5, 0.6) is 0 Å². The number of hydrogen-bond acceptors (Lipinski definition) is 0. The van der Waals surface area contributed by atoms with Gasteiger partial charge in [-0.1, -0.05) is 116 Å². The Bertz CT molecular complexity index is 726. The minimum absolute atomic E-state index is 0.139. The normalized spacial score (nSPS) is 15.7. The molecular weight excluding hydrogens is 391 g/mol. The Hall–Kier alpha value is -1.89. The van der Waals surface area contributed by atoms with E-state index in [0.717, 1.165) is 36.0 Å². The van der Waals surface area contributed by atoms with Gasteiger partial charge in [-0.25, -0.2) is 4.39 Å². The third-order valence-electron chi connectivity index (χ3n) is 6.43. The molecule has 0 aliphatic carbocycles. The van der Waals surface area contributed by atoms with Crippen molar-refractivity contribution in [2.24, 2.45) is 23.7 Å². The first kappa shape index (κ1) is 30.1. The summed E-state index contributed by atoms with van der Waals surface area (Å²) >= 11 is 0. The molecule has 0 aromatic carbocycles. The van der Waals surface area contributed by atoms with Crippen LogP contribution in [0.2, 0.25) is 0 Å². The van der Waals surface area contributed by atoms with E-state index < -0.39 is 0 Å². The molecule has 0 amide bonds. The highest BCUT2D eigenvalue weighted by atomic mass is 19.1. The lowest BCUT2D eigenvalue weighted by molar-refractivity contribution is 0.478. The molecule has 0 nitrogen and oxygen atoms in total. The highest BCUT2D eigenvalue weighted by molar-refractivity contribution is 5.41. The number of hydrogen-bond donors (Lipinski definition) is 0. The fourth-order valence-corrected chi connectivity index (χ4v) is 3.23. The zero-order valence-corrected chi connectivity index (χ0v) is 22.1. The largest absolute Gasteiger partial charge is 0.207 e. The molecule has 0 fully saturated rings. The van der Waals surface area contributed by atoms with Gasteiger partial charge >= 0.3 is 0 Å². The zero-order valence-electron chi connectivity index (χ0n) is 22.1. The highest BCUT2D eigenvalue weighted by Gasteiger charge is 2.13. The summed E-state index contributed by atoms with van der Waals surface area (Å²) in [7, 11) is 0. The van der Waals surface area contributed by atoms with Gasteiger partial charge in [0, 0.05) is 0 Å². The molecule has 32 heavy (non-hydrogen) atoms. The molecule has 0 aliphatic heterocycles. The van der Waals surface area contributed by atoms with Crippen molar-refractivity contribution in [1.29, 1.82) is 0 Å². The van der Waals surface area contributed by atoms with Crippen molar-refractivity contribution in [3.05, 3.63) is 84.3 Å². The van der Waals surface area contributed by atoms with Gasteiger partial charge in [-0.3, -0.25) is 0 Å². The minimum Gasteiger partial charge on any atom is -0.207 e. The van der Waals surface area contributed by atoms with Crippen molar-refractivity contribution in [1.82, 2.24) is 0 Å². The van der Waals surface area contributed by atoms with Gasteiger partial charge < -0.3 is 0 Å². The summed E-state index contributed by atoms with van der Waals surface area (Å²) in [6.45, 7) is 31.5. The first-order chi connectivity index (χ1) is 14.9. The number of unbranched alkanes of at least 4 members (excludes halogenated alkanes) is 1. The third kappa shape index (κ3) is 12.2. The SMILES string of the molecule is C=C(/C=C(/F)C(=C)C(C)CCC(C)C)/C(C)=C/CC(C)C(=C)/C=C\C(=C)C(C)CCCC. The molecule has 0 N–H and O–H groups in total. The van der Waals surface area contributed by atoms with Crippen LogP contribution in [0.1, 0.15) is 87.0 Å². The maximum Gasteiger partial charge on any atom is 0.126 e. The second-order valence-corrected chi connectivity index (χ2v) is 9.97. The van der Waals surface area contributed by atoms with Crippen molar-refractivity contribution in [3.63, 3.8) is 0 Å². The molecule has 1 heteroatoms. The maximum atomic E-state index is 14.7. The maximum absolute atomic E-state index is 14.7. The summed E-state index contributed by atoms with van der Waals surface area (Å²) in [6, 6.07) is 0. The molecule has 0 radical (unpaired) electrons. The Morgan fingerprint density at radius 1 is 0.812 bits per heavy atom. The van der Waals surface area contributed by atoms with Crippen molar-refractivity contribution in [3.8, 4) is 0 Å². The van der Waals surface area contributed by atoms with Gasteiger partial charge in [0.1, 0.15) is 5.83 Å². The van der Waals surface area contributed by atoms with Crippen molar-refractivity contribution in [2.45, 2.75) is 87.0 Å². The lowest BCUT2D eigenvalue weighted by Gasteiger charge is -2.15. The number of rotatable bonds is 16. The second-order valence-electron chi connectivity index (χ2n) is 9.97. The van der Waals surface area contributed by atoms with Gasteiger partial charge in [0.05, 0.1) is 0 Å². The summed E-state index contributed by atoms with van der Waals surface area (Å²) in [4.78, 5) is 0. The fraction of sp³-hybridized carbons (Fsp3) is 0.548. The second kappa shape index (κ2) is 15.8. The first-order valence-electron chi connectivity index (χ1n) is 12.4. The molecule has 0 aromatic rings. The van der Waals surface area contributed by atoms with Crippen LogP contribution in [-0.2, 0) is 0 Å². The Morgan fingerprint density at radius 3 is 1.91 bits per heavy atom. The lowest BCUT2D eigenvalue weighted by atomic mass is 9.91. The van der Waals surface area contributed by atoms with Crippen molar-refractivity contribution < 1.29 is 4.39 Å². The summed E-state index contributed by atoms with van der Waals surface area (Å²) < 4.78 is 14.7. The van der Waals surface area contributed by atoms with Crippen LogP contribution in [0.25, 0.3) is 0 Å². The van der Waals surface area contributed by atoms with Gasteiger partial charge in [-0.15, -0.1) is 0 Å². The van der Waals surface area contributed by atoms with E-state index >= 15 is 0 Å². The highest BCUT2D eigenvalue weighted by Crippen LogP contribution is 2.27. The Kier molecular flexibility index (Phi) is 14.9. The van der Waals surface area contributed by atoms with Crippen molar-refractivity contribution in [2.75, 3.05) is 0 Å². The van der Waals surface area contributed by atoms with Gasteiger partial charge in [0.15, 0.2) is 0 Å². The van der Waals surface area contributed by atoms with Crippen molar-refractivity contribution >= 4 is 0 Å². The van der Waals surface area contributed by atoms with E-state index in [1.54, 1.807) is 0 Å².